The molecule has 27 heavy (non-hydrogen) atoms. The number of imidazole rings is 1. The number of fused-ring (bicyclic) bond motifs is 1. The maximum Gasteiger partial charge on any atom is 0.254 e. The monoisotopic (exact) mass is 364 g/mol. The van der Waals surface area contributed by atoms with E-state index in [4.69, 9.17) is 0 Å². The molecule has 1 aliphatic heterocycles. The fraction of sp³-hybridized carbons (Fsp3) is 0.250. The second kappa shape index (κ2) is 6.85. The molecule has 0 saturated carbocycles. The van der Waals surface area contributed by atoms with Gasteiger partial charge >= 0.3 is 0 Å². The van der Waals surface area contributed by atoms with Crippen LogP contribution in [0.15, 0.2) is 42.5 Å². The van der Waals surface area contributed by atoms with Crippen molar-refractivity contribution in [1.29, 1.82) is 0 Å². The van der Waals surface area contributed by atoms with E-state index in [0.717, 1.165) is 22.2 Å². The van der Waals surface area contributed by atoms with Crippen LogP contribution < -0.4 is 5.32 Å². The normalized spacial score (nSPS) is 15.6. The Morgan fingerprint density at radius 1 is 1.22 bits per heavy atom. The van der Waals surface area contributed by atoms with Gasteiger partial charge in [-0.15, -0.1) is 0 Å². The van der Waals surface area contributed by atoms with Gasteiger partial charge in [0, 0.05) is 18.7 Å². The van der Waals surface area contributed by atoms with Crippen molar-refractivity contribution in [2.45, 2.75) is 13.0 Å². The van der Waals surface area contributed by atoms with E-state index in [1.807, 2.05) is 36.4 Å². The lowest BCUT2D eigenvalue weighted by atomic mass is 10.0. The maximum atomic E-state index is 12.7. The molecule has 1 aliphatic rings. The van der Waals surface area contributed by atoms with Gasteiger partial charge in [-0.25, -0.2) is 4.98 Å². The van der Waals surface area contributed by atoms with Crippen molar-refractivity contribution in [3.05, 3.63) is 53.9 Å². The minimum atomic E-state index is -0.663. The maximum absolute atomic E-state index is 12.7. The lowest BCUT2D eigenvalue weighted by molar-refractivity contribution is -0.123. The van der Waals surface area contributed by atoms with Gasteiger partial charge in [0.25, 0.3) is 5.91 Å². The summed E-state index contributed by atoms with van der Waals surface area (Å²) in [5.74, 6) is 0.240. The average Bonchev–Trinajstić information content (AvgIpc) is 3.11. The van der Waals surface area contributed by atoms with Crippen molar-refractivity contribution in [3.8, 4) is 11.1 Å². The topological polar surface area (TPSA) is 98.3 Å². The minimum absolute atomic E-state index is 0.0886. The fourth-order valence-electron chi connectivity index (χ4n) is 3.23. The lowest BCUT2D eigenvalue weighted by Crippen LogP contribution is -2.49. The number of amides is 2. The van der Waals surface area contributed by atoms with Crippen molar-refractivity contribution in [2.24, 2.45) is 0 Å². The number of carbonyl (C=O) groups is 2. The highest BCUT2D eigenvalue weighted by molar-refractivity contribution is 5.98. The molecule has 3 aromatic rings. The molecule has 138 valence electrons. The van der Waals surface area contributed by atoms with Crippen molar-refractivity contribution >= 4 is 22.8 Å². The largest absolute Gasteiger partial charge is 0.385 e. The van der Waals surface area contributed by atoms with Crippen LogP contribution in [0, 0.1) is 0 Å². The van der Waals surface area contributed by atoms with Gasteiger partial charge in [0.1, 0.15) is 11.9 Å². The van der Waals surface area contributed by atoms with E-state index in [0.29, 0.717) is 24.5 Å². The molecule has 0 bridgehead atoms. The van der Waals surface area contributed by atoms with Crippen molar-refractivity contribution < 1.29 is 14.7 Å². The summed E-state index contributed by atoms with van der Waals surface area (Å²) in [5.41, 5.74) is 4.00. The molecule has 7 heteroatoms. The van der Waals surface area contributed by atoms with Crippen LogP contribution in [0.2, 0.25) is 0 Å². The van der Waals surface area contributed by atoms with E-state index < -0.39 is 6.10 Å². The minimum Gasteiger partial charge on any atom is -0.385 e. The van der Waals surface area contributed by atoms with E-state index in [1.165, 1.54) is 0 Å². The number of hydrogen-bond acceptors (Lipinski definition) is 4. The average molecular weight is 364 g/mol. The van der Waals surface area contributed by atoms with Crippen LogP contribution in [0.5, 0.6) is 0 Å². The predicted molar refractivity (Wildman–Crippen MR) is 101 cm³/mol. The number of rotatable bonds is 3. The first-order valence-corrected chi connectivity index (χ1v) is 8.85. The number of benzene rings is 2. The highest BCUT2D eigenvalue weighted by Crippen LogP contribution is 2.25. The summed E-state index contributed by atoms with van der Waals surface area (Å²) >= 11 is 0. The Kier molecular flexibility index (Phi) is 4.37. The summed E-state index contributed by atoms with van der Waals surface area (Å²) in [4.78, 5) is 33.3. The number of nitrogens with one attached hydrogen (secondary N) is 2. The van der Waals surface area contributed by atoms with Crippen LogP contribution in [0.4, 0.5) is 0 Å². The Labute approximate surface area is 156 Å². The number of nitrogens with zero attached hydrogens (tertiary/aromatic N) is 2. The Morgan fingerprint density at radius 2 is 2.04 bits per heavy atom. The molecule has 0 spiro atoms. The van der Waals surface area contributed by atoms with E-state index in [9.17, 15) is 14.7 Å². The second-order valence-corrected chi connectivity index (χ2v) is 6.69. The van der Waals surface area contributed by atoms with Crippen LogP contribution in [0.25, 0.3) is 22.2 Å². The predicted octanol–water partition coefficient (Wildman–Crippen LogP) is 1.86. The van der Waals surface area contributed by atoms with Crippen molar-refractivity contribution in [3.63, 3.8) is 0 Å². The molecule has 0 aliphatic carbocycles. The third-order valence-electron chi connectivity index (χ3n) is 4.66. The van der Waals surface area contributed by atoms with Gasteiger partial charge in [-0.3, -0.25) is 9.59 Å². The van der Waals surface area contributed by atoms with Gasteiger partial charge in [-0.05, 0) is 42.3 Å². The molecule has 4 rings (SSSR count). The molecule has 1 aromatic heterocycles. The summed E-state index contributed by atoms with van der Waals surface area (Å²) < 4.78 is 0. The third-order valence-corrected chi connectivity index (χ3v) is 4.66. The second-order valence-electron chi connectivity index (χ2n) is 6.69. The molecule has 7 nitrogen and oxygen atoms in total. The molecule has 3 N–H and O–H groups in total. The van der Waals surface area contributed by atoms with Crippen molar-refractivity contribution in [2.75, 3.05) is 19.6 Å². The SMILES string of the molecule is CC(O)c1nc2ccc(-c3cccc(C(=O)N4CCNC(=O)C4)c3)cc2[nH]1. The van der Waals surface area contributed by atoms with Crippen LogP contribution in [0.1, 0.15) is 29.2 Å². The Hall–Kier alpha value is -3.19. The summed E-state index contributed by atoms with van der Waals surface area (Å²) in [6.45, 7) is 2.74. The van der Waals surface area contributed by atoms with Gasteiger partial charge in [0.05, 0.1) is 17.6 Å². The van der Waals surface area contributed by atoms with Gasteiger partial charge in [0.15, 0.2) is 0 Å². The van der Waals surface area contributed by atoms with Gasteiger partial charge in [-0.1, -0.05) is 18.2 Å². The molecule has 2 heterocycles. The summed E-state index contributed by atoms with van der Waals surface area (Å²) in [5, 5.41) is 12.4. The first-order valence-electron chi connectivity index (χ1n) is 8.85. The van der Waals surface area contributed by atoms with Crippen molar-refractivity contribution in [1.82, 2.24) is 20.2 Å². The van der Waals surface area contributed by atoms with E-state index >= 15 is 0 Å². The molecule has 1 atom stereocenters. The van der Waals surface area contributed by atoms with E-state index in [1.54, 1.807) is 17.9 Å². The number of H-pyrrole nitrogens is 1. The Morgan fingerprint density at radius 3 is 2.81 bits per heavy atom. The highest BCUT2D eigenvalue weighted by Gasteiger charge is 2.22. The summed E-state index contributed by atoms with van der Waals surface area (Å²) in [7, 11) is 0. The molecule has 1 saturated heterocycles. The molecule has 2 aromatic carbocycles. The lowest BCUT2D eigenvalue weighted by Gasteiger charge is -2.26. The molecular formula is C20H20N4O3. The number of piperazine rings is 1. The number of aromatic nitrogens is 2. The number of aliphatic hydroxyl groups is 1. The first-order chi connectivity index (χ1) is 13.0. The third kappa shape index (κ3) is 3.41. The summed E-state index contributed by atoms with van der Waals surface area (Å²) in [6, 6.07) is 13.1. The van der Waals surface area contributed by atoms with Gasteiger partial charge in [-0.2, -0.15) is 0 Å². The molecular weight excluding hydrogens is 344 g/mol. The quantitative estimate of drug-likeness (QED) is 0.661. The molecule has 2 amide bonds. The molecule has 0 radical (unpaired) electrons. The standard InChI is InChI=1S/C20H20N4O3/c1-12(25)19-22-16-6-5-14(10-17(16)23-19)13-3-2-4-15(9-13)20(27)24-8-7-21-18(26)11-24/h2-6,9-10,12,25H,7-8,11H2,1H3,(H,21,26)(H,22,23). The van der Waals surface area contributed by atoms with Crippen LogP contribution in [-0.2, 0) is 4.79 Å². The highest BCUT2D eigenvalue weighted by atomic mass is 16.3. The zero-order chi connectivity index (χ0) is 19.0. The number of aromatic amines is 1. The van der Waals surface area contributed by atoms with Gasteiger partial charge in [0.2, 0.25) is 5.91 Å². The number of carbonyl (C=O) groups excluding carboxylic acids is 2. The van der Waals surface area contributed by atoms with Crippen LogP contribution in [0.3, 0.4) is 0 Å². The Balaban J connectivity index is 1.64. The van der Waals surface area contributed by atoms with Gasteiger partial charge < -0.3 is 20.3 Å². The first kappa shape index (κ1) is 17.2. The smallest absolute Gasteiger partial charge is 0.254 e. The fourth-order valence-corrected chi connectivity index (χ4v) is 3.23. The van der Waals surface area contributed by atoms with E-state index in [2.05, 4.69) is 15.3 Å². The van der Waals surface area contributed by atoms with Crippen LogP contribution in [-0.4, -0.2) is 51.4 Å². The molecule has 1 fully saturated rings. The zero-order valence-corrected chi connectivity index (χ0v) is 14.9. The number of hydrogen-bond donors (Lipinski definition) is 3. The summed E-state index contributed by atoms with van der Waals surface area (Å²) in [6.07, 6.45) is -0.663. The molecule has 1 unspecified atom stereocenters. The Bertz CT molecular complexity index is 1020. The van der Waals surface area contributed by atoms with E-state index in [-0.39, 0.29) is 18.4 Å². The number of aliphatic hydroxyl groups excluding tert-OH is 1. The van der Waals surface area contributed by atoms with Crippen LogP contribution >= 0.6 is 0 Å². The zero-order valence-electron chi connectivity index (χ0n) is 14.9.